The Bertz CT molecular complexity index is 778. The molecule has 3 nitrogen and oxygen atoms in total. The molecule has 3 N–H and O–H groups in total. The van der Waals surface area contributed by atoms with Crippen molar-refractivity contribution >= 4 is 27.7 Å². The summed E-state index contributed by atoms with van der Waals surface area (Å²) in [5.74, 6) is 0. The Morgan fingerprint density at radius 1 is 0.913 bits per heavy atom. The van der Waals surface area contributed by atoms with Gasteiger partial charge in [0.2, 0.25) is 0 Å². The number of aromatic nitrogens is 2. The van der Waals surface area contributed by atoms with Gasteiger partial charge in [0.05, 0.1) is 9.85 Å². The first-order chi connectivity index (χ1) is 11.1. The molecule has 1 aromatic carbocycles. The molecule has 0 saturated carbocycles. The van der Waals surface area contributed by atoms with E-state index >= 15 is 0 Å². The van der Waals surface area contributed by atoms with E-state index in [9.17, 15) is 5.11 Å². The Labute approximate surface area is 148 Å². The minimum atomic E-state index is -0.637. The lowest BCUT2D eigenvalue weighted by Crippen LogP contribution is -2.02. The van der Waals surface area contributed by atoms with Gasteiger partial charge in [-0.2, -0.15) is 0 Å². The van der Waals surface area contributed by atoms with Crippen LogP contribution < -0.4 is 0 Å². The number of halogens is 1. The Balaban J connectivity index is 1.85. The van der Waals surface area contributed by atoms with Gasteiger partial charge in [0, 0.05) is 17.1 Å². The smallest absolute Gasteiger partial charge is 0.119 e. The normalized spacial score (nSPS) is 13.9. The highest BCUT2D eigenvalue weighted by Gasteiger charge is 2.19. The quantitative estimate of drug-likeness (QED) is 0.577. The summed E-state index contributed by atoms with van der Waals surface area (Å²) >= 11 is 5.20. The Kier molecular flexibility index (Phi) is 4.99. The lowest BCUT2D eigenvalue weighted by molar-refractivity contribution is 0.216. The van der Waals surface area contributed by atoms with Gasteiger partial charge in [-0.1, -0.05) is 29.8 Å². The minimum absolute atomic E-state index is 0.181. The molecule has 0 radical (unpaired) electrons. The molecule has 0 aliphatic carbocycles. The molecule has 2 atom stereocenters. The molecule has 120 valence electrons. The second-order valence-corrected chi connectivity index (χ2v) is 7.36. The molecule has 0 spiro atoms. The largest absolute Gasteiger partial charge is 0.382 e. The first-order valence-electron chi connectivity index (χ1n) is 7.39. The van der Waals surface area contributed by atoms with Crippen LogP contribution in [0.5, 0.6) is 0 Å². The zero-order valence-electron chi connectivity index (χ0n) is 13.0. The van der Waals surface area contributed by atoms with E-state index in [-0.39, 0.29) is 5.25 Å². The summed E-state index contributed by atoms with van der Waals surface area (Å²) in [6.07, 6.45) is 1.44. The molecule has 0 amide bonds. The molecule has 23 heavy (non-hydrogen) atoms. The molecule has 0 bridgehead atoms. The van der Waals surface area contributed by atoms with Crippen molar-refractivity contribution in [2.45, 2.75) is 18.3 Å². The van der Waals surface area contributed by atoms with Crippen LogP contribution in [0.15, 0.2) is 53.1 Å². The van der Waals surface area contributed by atoms with Crippen LogP contribution in [-0.2, 0) is 0 Å². The molecule has 0 fully saturated rings. The van der Waals surface area contributed by atoms with Crippen molar-refractivity contribution in [2.24, 2.45) is 0 Å². The van der Waals surface area contributed by atoms with E-state index in [1.165, 1.54) is 5.56 Å². The second-order valence-electron chi connectivity index (χ2n) is 5.56. The van der Waals surface area contributed by atoms with Crippen LogP contribution in [-0.4, -0.2) is 21.3 Å². The van der Waals surface area contributed by atoms with Crippen LogP contribution >= 0.6 is 27.7 Å². The van der Waals surface area contributed by atoms with E-state index in [4.69, 9.17) is 0 Å². The number of aliphatic hydroxyl groups is 1. The highest BCUT2D eigenvalue weighted by Crippen LogP contribution is 2.34. The van der Waals surface area contributed by atoms with Gasteiger partial charge in [0.15, 0.2) is 0 Å². The maximum atomic E-state index is 10.6. The number of H-pyrrole nitrogens is 2. The maximum Gasteiger partial charge on any atom is 0.119 e. The fourth-order valence-electron chi connectivity index (χ4n) is 2.63. The van der Waals surface area contributed by atoms with E-state index in [0.717, 1.165) is 27.2 Å². The van der Waals surface area contributed by atoms with Crippen molar-refractivity contribution in [1.29, 1.82) is 0 Å². The molecule has 2 heterocycles. The molecule has 2 unspecified atom stereocenters. The van der Waals surface area contributed by atoms with Crippen molar-refractivity contribution < 1.29 is 5.11 Å². The molecule has 0 aliphatic rings. The summed E-state index contributed by atoms with van der Waals surface area (Å²) in [6, 6.07) is 16.0. The van der Waals surface area contributed by atoms with Crippen molar-refractivity contribution in [3.63, 3.8) is 0 Å². The Hall–Kier alpha value is -1.43. The molecular weight excluding hydrogens is 372 g/mol. The molecular formula is C18H19BrN2OS. The molecule has 2 aromatic heterocycles. The van der Waals surface area contributed by atoms with Crippen LogP contribution in [0, 0.1) is 6.92 Å². The van der Waals surface area contributed by atoms with Crippen molar-refractivity contribution in [3.8, 4) is 0 Å². The average molecular weight is 391 g/mol. The second kappa shape index (κ2) is 6.99. The number of aliphatic hydroxyl groups excluding tert-OH is 1. The maximum absolute atomic E-state index is 10.6. The van der Waals surface area contributed by atoms with Gasteiger partial charge in [0.25, 0.3) is 0 Å². The summed E-state index contributed by atoms with van der Waals surface area (Å²) in [7, 11) is 0. The van der Waals surface area contributed by atoms with E-state index in [1.54, 1.807) is 11.8 Å². The fraction of sp³-hybridized carbons (Fsp3) is 0.222. The molecule has 0 aliphatic heterocycles. The highest BCUT2D eigenvalue weighted by molar-refractivity contribution is 9.10. The van der Waals surface area contributed by atoms with Gasteiger partial charge in [-0.15, -0.1) is 11.8 Å². The van der Waals surface area contributed by atoms with Crippen molar-refractivity contribution in [2.75, 3.05) is 6.26 Å². The number of aryl methyl sites for hydroxylation is 1. The molecule has 5 heteroatoms. The van der Waals surface area contributed by atoms with Crippen molar-refractivity contribution in [3.05, 3.63) is 81.3 Å². The lowest BCUT2D eigenvalue weighted by atomic mass is 10.1. The van der Waals surface area contributed by atoms with E-state index in [0.29, 0.717) is 0 Å². The summed E-state index contributed by atoms with van der Waals surface area (Å²) in [4.78, 5) is 6.69. The van der Waals surface area contributed by atoms with Crippen LogP contribution in [0.1, 0.15) is 39.6 Å². The number of hydrogen-bond donors (Lipinski definition) is 3. The van der Waals surface area contributed by atoms with Crippen LogP contribution in [0.3, 0.4) is 0 Å². The van der Waals surface area contributed by atoms with Gasteiger partial charge in [-0.3, -0.25) is 0 Å². The summed E-state index contributed by atoms with van der Waals surface area (Å²) in [5.41, 5.74) is 5.10. The predicted molar refractivity (Wildman–Crippen MR) is 99.9 cm³/mol. The number of rotatable bonds is 5. The zero-order chi connectivity index (χ0) is 16.4. The van der Waals surface area contributed by atoms with Gasteiger partial charge < -0.3 is 15.1 Å². The van der Waals surface area contributed by atoms with Gasteiger partial charge in [0.1, 0.15) is 6.10 Å². The van der Waals surface area contributed by atoms with E-state index < -0.39 is 6.10 Å². The predicted octanol–water partition coefficient (Wildman–Crippen LogP) is 4.95. The molecule has 3 aromatic rings. The average Bonchev–Trinajstić information content (AvgIpc) is 3.18. The number of thioether (sulfide) groups is 1. The Morgan fingerprint density at radius 2 is 1.52 bits per heavy atom. The first kappa shape index (κ1) is 16.4. The first-order valence-corrected chi connectivity index (χ1v) is 9.47. The van der Waals surface area contributed by atoms with Gasteiger partial charge >= 0.3 is 0 Å². The summed E-state index contributed by atoms with van der Waals surface area (Å²) < 4.78 is 0.970. The molecule has 0 saturated heterocycles. The monoisotopic (exact) mass is 390 g/mol. The third-order valence-corrected chi connectivity index (χ3v) is 5.33. The SMILES string of the molecule is CSC(c1ccc(Br)[nH]1)c1ccc(C(O)c2ccc(C)cc2)[nH]1. The number of benzene rings is 1. The fourth-order valence-corrected chi connectivity index (χ4v) is 3.77. The third-order valence-electron chi connectivity index (χ3n) is 3.89. The van der Waals surface area contributed by atoms with E-state index in [1.807, 2.05) is 49.4 Å². The summed E-state index contributed by atoms with van der Waals surface area (Å²) in [6.45, 7) is 2.04. The van der Waals surface area contributed by atoms with E-state index in [2.05, 4.69) is 38.2 Å². The minimum Gasteiger partial charge on any atom is -0.382 e. The number of hydrogen-bond acceptors (Lipinski definition) is 2. The van der Waals surface area contributed by atoms with Crippen LogP contribution in [0.25, 0.3) is 0 Å². The lowest BCUT2D eigenvalue weighted by Gasteiger charge is -2.13. The zero-order valence-corrected chi connectivity index (χ0v) is 15.4. The third kappa shape index (κ3) is 3.57. The number of aromatic amines is 2. The van der Waals surface area contributed by atoms with Crippen LogP contribution in [0.2, 0.25) is 0 Å². The highest BCUT2D eigenvalue weighted by atomic mass is 79.9. The summed E-state index contributed by atoms with van der Waals surface area (Å²) in [5, 5.41) is 10.8. The topological polar surface area (TPSA) is 51.8 Å². The number of nitrogens with one attached hydrogen (secondary N) is 2. The van der Waals surface area contributed by atoms with Gasteiger partial charge in [-0.05, 0) is 58.9 Å². The van der Waals surface area contributed by atoms with Crippen molar-refractivity contribution in [1.82, 2.24) is 9.97 Å². The Morgan fingerprint density at radius 3 is 2.13 bits per heavy atom. The standard InChI is InChI=1S/C18H19BrN2OS/c1-11-3-5-12(6-4-11)17(22)13-7-8-14(20-13)18(23-2)15-9-10-16(19)21-15/h3-10,17-18,20-22H,1-2H3. The van der Waals surface area contributed by atoms with Crippen LogP contribution in [0.4, 0.5) is 0 Å². The van der Waals surface area contributed by atoms with Gasteiger partial charge in [-0.25, -0.2) is 0 Å². The molecule has 3 rings (SSSR count).